The third-order valence-electron chi connectivity index (χ3n) is 2.71. The Balaban J connectivity index is 3.04. The Hall–Kier alpha value is -1.66. The van der Waals surface area contributed by atoms with E-state index < -0.39 is 10.0 Å². The Morgan fingerprint density at radius 2 is 1.65 bits per heavy atom. The maximum absolute atomic E-state index is 12.3. The molecule has 0 atom stereocenters. The molecule has 0 aliphatic heterocycles. The van der Waals surface area contributed by atoms with Gasteiger partial charge in [-0.3, -0.25) is 4.79 Å². The third-order valence-corrected chi connectivity index (χ3v) is 4.53. The Labute approximate surface area is 120 Å². The number of hydrogen-bond donors (Lipinski definition) is 0. The van der Waals surface area contributed by atoms with Crippen molar-refractivity contribution in [3.63, 3.8) is 0 Å². The summed E-state index contributed by atoms with van der Waals surface area (Å²) in [6.45, 7) is 5.74. The van der Waals surface area contributed by atoms with Gasteiger partial charge in [0.05, 0.1) is 4.90 Å². The lowest BCUT2D eigenvalue weighted by Gasteiger charge is -2.17. The molecule has 1 aromatic rings. The number of rotatable bonds is 5. The molecule has 20 heavy (non-hydrogen) atoms. The van der Waals surface area contributed by atoms with Gasteiger partial charge in [-0.15, -0.1) is 0 Å². The van der Waals surface area contributed by atoms with Gasteiger partial charge in [-0.2, -0.15) is 4.31 Å². The summed E-state index contributed by atoms with van der Waals surface area (Å²) in [7, 11) is 1.25. The Bertz CT molecular complexity index is 604. The lowest BCUT2D eigenvalue weighted by molar-refractivity contribution is 0.0827. The maximum Gasteiger partial charge on any atom is 0.253 e. The molecule has 0 fully saturated rings. The van der Waals surface area contributed by atoms with Crippen molar-refractivity contribution in [1.82, 2.24) is 9.21 Å². The van der Waals surface area contributed by atoms with Crippen LogP contribution in [0.3, 0.4) is 0 Å². The second-order valence-corrected chi connectivity index (χ2v) is 6.99. The molecule has 0 saturated heterocycles. The molecule has 0 radical (unpaired) electrons. The van der Waals surface area contributed by atoms with Crippen LogP contribution in [0.4, 0.5) is 0 Å². The summed E-state index contributed by atoms with van der Waals surface area (Å²) >= 11 is 0. The maximum atomic E-state index is 12.3. The second-order valence-electron chi connectivity index (χ2n) is 4.94. The number of hydrogen-bond acceptors (Lipinski definition) is 3. The van der Waals surface area contributed by atoms with Crippen LogP contribution in [0, 0.1) is 0 Å². The zero-order valence-electron chi connectivity index (χ0n) is 12.3. The van der Waals surface area contributed by atoms with E-state index in [-0.39, 0.29) is 17.3 Å². The first-order valence-electron chi connectivity index (χ1n) is 6.08. The number of carbonyl (C=O) groups is 1. The number of amides is 1. The highest BCUT2D eigenvalue weighted by molar-refractivity contribution is 7.89. The Morgan fingerprint density at radius 1 is 1.15 bits per heavy atom. The molecule has 110 valence electrons. The average molecular weight is 296 g/mol. The summed E-state index contributed by atoms with van der Waals surface area (Å²) in [6, 6.07) is 5.93. The van der Waals surface area contributed by atoms with Gasteiger partial charge < -0.3 is 4.90 Å². The molecule has 0 unspecified atom stereocenters. The lowest BCUT2D eigenvalue weighted by Crippen LogP contribution is -2.28. The van der Waals surface area contributed by atoms with Gasteiger partial charge >= 0.3 is 0 Å². The number of benzene rings is 1. The molecular weight excluding hydrogens is 276 g/mol. The van der Waals surface area contributed by atoms with E-state index >= 15 is 0 Å². The van der Waals surface area contributed by atoms with Crippen molar-refractivity contribution in [2.24, 2.45) is 0 Å². The minimum Gasteiger partial charge on any atom is -0.345 e. The van der Waals surface area contributed by atoms with Crippen LogP contribution in [0.15, 0.2) is 41.3 Å². The molecule has 0 heterocycles. The van der Waals surface area contributed by atoms with Crippen molar-refractivity contribution in [3.8, 4) is 0 Å². The van der Waals surface area contributed by atoms with Crippen LogP contribution < -0.4 is 0 Å². The lowest BCUT2D eigenvalue weighted by atomic mass is 10.2. The van der Waals surface area contributed by atoms with Crippen LogP contribution in [-0.4, -0.2) is 51.2 Å². The molecule has 1 rings (SSSR count). The highest BCUT2D eigenvalue weighted by atomic mass is 32.2. The standard InChI is InChI=1S/C14H20N2O3S/c1-11(2)10-16(5)20(18,19)13-8-6-12(7-9-13)14(17)15(3)4/h6-9H,1,10H2,2-5H3. The zero-order valence-corrected chi connectivity index (χ0v) is 13.1. The monoisotopic (exact) mass is 296 g/mol. The molecule has 1 aromatic carbocycles. The van der Waals surface area contributed by atoms with Crippen LogP contribution in [0.2, 0.25) is 0 Å². The number of nitrogens with zero attached hydrogens (tertiary/aromatic N) is 2. The number of sulfonamides is 1. The van der Waals surface area contributed by atoms with Crippen LogP contribution >= 0.6 is 0 Å². The topological polar surface area (TPSA) is 57.7 Å². The Kier molecular flexibility index (Phi) is 5.08. The first kappa shape index (κ1) is 16.4. The van der Waals surface area contributed by atoms with Gasteiger partial charge in [-0.1, -0.05) is 12.2 Å². The molecule has 0 bridgehead atoms. The largest absolute Gasteiger partial charge is 0.345 e. The molecule has 1 amide bonds. The normalized spacial score (nSPS) is 11.4. The predicted octanol–water partition coefficient (Wildman–Crippen LogP) is 1.58. The summed E-state index contributed by atoms with van der Waals surface area (Å²) in [4.78, 5) is 13.3. The van der Waals surface area contributed by atoms with Crippen LogP contribution in [-0.2, 0) is 10.0 Å². The first-order chi connectivity index (χ1) is 9.16. The number of likely N-dealkylation sites (N-methyl/N-ethyl adjacent to an activating group) is 1. The van der Waals surface area contributed by atoms with E-state index in [2.05, 4.69) is 6.58 Å². The molecule has 0 spiro atoms. The van der Waals surface area contributed by atoms with Gasteiger partial charge in [-0.25, -0.2) is 8.42 Å². The fourth-order valence-electron chi connectivity index (χ4n) is 1.67. The van der Waals surface area contributed by atoms with Gasteiger partial charge in [0.1, 0.15) is 0 Å². The van der Waals surface area contributed by atoms with Crippen molar-refractivity contribution < 1.29 is 13.2 Å². The van der Waals surface area contributed by atoms with Crippen molar-refractivity contribution in [1.29, 1.82) is 0 Å². The van der Waals surface area contributed by atoms with E-state index in [9.17, 15) is 13.2 Å². The van der Waals surface area contributed by atoms with Crippen LogP contribution in [0.25, 0.3) is 0 Å². The summed E-state index contributed by atoms with van der Waals surface area (Å²) in [5, 5.41) is 0. The summed E-state index contributed by atoms with van der Waals surface area (Å²) < 4.78 is 25.8. The highest BCUT2D eigenvalue weighted by Gasteiger charge is 2.21. The van der Waals surface area contributed by atoms with Crippen LogP contribution in [0.1, 0.15) is 17.3 Å². The quantitative estimate of drug-likeness (QED) is 0.775. The molecule has 5 nitrogen and oxygen atoms in total. The molecule has 0 aliphatic rings. The molecule has 6 heteroatoms. The Morgan fingerprint density at radius 3 is 2.05 bits per heavy atom. The van der Waals surface area contributed by atoms with E-state index in [4.69, 9.17) is 0 Å². The van der Waals surface area contributed by atoms with E-state index in [1.165, 1.54) is 40.5 Å². The SMILES string of the molecule is C=C(C)CN(C)S(=O)(=O)c1ccc(C(=O)N(C)C)cc1. The minimum absolute atomic E-state index is 0.163. The molecule has 0 N–H and O–H groups in total. The molecule has 0 saturated carbocycles. The highest BCUT2D eigenvalue weighted by Crippen LogP contribution is 2.16. The predicted molar refractivity (Wildman–Crippen MR) is 79.1 cm³/mol. The van der Waals surface area contributed by atoms with Gasteiger partial charge in [-0.05, 0) is 31.2 Å². The summed E-state index contributed by atoms with van der Waals surface area (Å²) in [5.74, 6) is -0.163. The van der Waals surface area contributed by atoms with Crippen LogP contribution in [0.5, 0.6) is 0 Å². The second kappa shape index (κ2) is 6.19. The van der Waals surface area contributed by atoms with Crippen molar-refractivity contribution >= 4 is 15.9 Å². The van der Waals surface area contributed by atoms with E-state index in [0.29, 0.717) is 5.56 Å². The summed E-state index contributed by atoms with van der Waals surface area (Å²) in [5.41, 5.74) is 1.21. The van der Waals surface area contributed by atoms with E-state index in [1.807, 2.05) is 0 Å². The zero-order chi connectivity index (χ0) is 15.5. The van der Waals surface area contributed by atoms with E-state index in [1.54, 1.807) is 21.0 Å². The van der Waals surface area contributed by atoms with Crippen molar-refractivity contribution in [3.05, 3.63) is 42.0 Å². The minimum atomic E-state index is -3.55. The van der Waals surface area contributed by atoms with Gasteiger partial charge in [0.25, 0.3) is 5.91 Å². The number of carbonyl (C=O) groups excluding carboxylic acids is 1. The smallest absolute Gasteiger partial charge is 0.253 e. The summed E-state index contributed by atoms with van der Waals surface area (Å²) in [6.07, 6.45) is 0. The fraction of sp³-hybridized carbons (Fsp3) is 0.357. The molecule has 0 aliphatic carbocycles. The fourth-order valence-corrected chi connectivity index (χ4v) is 2.90. The van der Waals surface area contributed by atoms with Gasteiger partial charge in [0, 0.05) is 33.3 Å². The molecule has 0 aromatic heterocycles. The average Bonchev–Trinajstić information content (AvgIpc) is 2.37. The third kappa shape index (κ3) is 3.68. The van der Waals surface area contributed by atoms with Crippen molar-refractivity contribution in [2.45, 2.75) is 11.8 Å². The van der Waals surface area contributed by atoms with E-state index in [0.717, 1.165) is 5.57 Å². The van der Waals surface area contributed by atoms with Gasteiger partial charge in [0.15, 0.2) is 0 Å². The first-order valence-corrected chi connectivity index (χ1v) is 7.52. The van der Waals surface area contributed by atoms with Gasteiger partial charge in [0.2, 0.25) is 10.0 Å². The van der Waals surface area contributed by atoms with Crippen molar-refractivity contribution in [2.75, 3.05) is 27.7 Å². The molecular formula is C14H20N2O3S.